The van der Waals surface area contributed by atoms with Crippen molar-refractivity contribution in [2.45, 2.75) is 32.6 Å². The average Bonchev–Trinajstić information content (AvgIpc) is 3.00. The van der Waals surface area contributed by atoms with Crippen molar-refractivity contribution in [3.05, 3.63) is 24.3 Å². The summed E-state index contributed by atoms with van der Waals surface area (Å²) in [4.78, 5) is 23.4. The SMILES string of the molecule is CC(=O)Nc1cccc(NC(=O)[C@@H]2C[C@H]3CC[C@@H]2C3)c1. The van der Waals surface area contributed by atoms with Gasteiger partial charge in [-0.2, -0.15) is 0 Å². The smallest absolute Gasteiger partial charge is 0.227 e. The quantitative estimate of drug-likeness (QED) is 0.888. The van der Waals surface area contributed by atoms with Crippen LogP contribution < -0.4 is 10.6 Å². The maximum absolute atomic E-state index is 12.3. The largest absolute Gasteiger partial charge is 0.326 e. The van der Waals surface area contributed by atoms with Crippen molar-refractivity contribution >= 4 is 23.2 Å². The Kier molecular flexibility index (Phi) is 3.47. The number of carbonyl (C=O) groups is 2. The Morgan fingerprint density at radius 2 is 1.85 bits per heavy atom. The van der Waals surface area contributed by atoms with Crippen molar-refractivity contribution in [1.29, 1.82) is 0 Å². The first-order valence-electron chi connectivity index (χ1n) is 7.30. The second-order valence-corrected chi connectivity index (χ2v) is 6.03. The molecule has 2 fully saturated rings. The number of hydrogen-bond donors (Lipinski definition) is 2. The summed E-state index contributed by atoms with van der Waals surface area (Å²) in [5, 5.41) is 5.72. The van der Waals surface area contributed by atoms with Crippen molar-refractivity contribution in [1.82, 2.24) is 0 Å². The lowest BCUT2D eigenvalue weighted by molar-refractivity contribution is -0.121. The van der Waals surface area contributed by atoms with E-state index in [1.165, 1.54) is 26.2 Å². The molecule has 0 saturated heterocycles. The molecular weight excluding hydrogens is 252 g/mol. The van der Waals surface area contributed by atoms with Gasteiger partial charge in [0.25, 0.3) is 0 Å². The Bertz CT molecular complexity index is 541. The van der Waals surface area contributed by atoms with Gasteiger partial charge in [0.1, 0.15) is 0 Å². The van der Waals surface area contributed by atoms with Gasteiger partial charge in [0, 0.05) is 24.2 Å². The molecular formula is C16H20N2O2. The number of carbonyl (C=O) groups excluding carboxylic acids is 2. The Morgan fingerprint density at radius 1 is 1.10 bits per heavy atom. The maximum Gasteiger partial charge on any atom is 0.227 e. The molecule has 2 aliphatic carbocycles. The molecule has 2 saturated carbocycles. The lowest BCUT2D eigenvalue weighted by Crippen LogP contribution is -2.27. The molecule has 20 heavy (non-hydrogen) atoms. The van der Waals surface area contributed by atoms with Crippen LogP contribution in [0.1, 0.15) is 32.6 Å². The van der Waals surface area contributed by atoms with Gasteiger partial charge in [-0.05, 0) is 49.3 Å². The third-order valence-electron chi connectivity index (χ3n) is 4.53. The van der Waals surface area contributed by atoms with Crippen LogP contribution in [0.2, 0.25) is 0 Å². The third kappa shape index (κ3) is 2.69. The van der Waals surface area contributed by atoms with Crippen LogP contribution >= 0.6 is 0 Å². The molecule has 3 atom stereocenters. The van der Waals surface area contributed by atoms with Crippen LogP contribution in [0.4, 0.5) is 11.4 Å². The van der Waals surface area contributed by atoms with Crippen LogP contribution in [0.25, 0.3) is 0 Å². The van der Waals surface area contributed by atoms with E-state index in [0.29, 0.717) is 11.6 Å². The van der Waals surface area contributed by atoms with Crippen molar-refractivity contribution < 1.29 is 9.59 Å². The van der Waals surface area contributed by atoms with Gasteiger partial charge >= 0.3 is 0 Å². The molecule has 0 aliphatic heterocycles. The summed E-state index contributed by atoms with van der Waals surface area (Å²) in [6, 6.07) is 7.30. The van der Waals surface area contributed by atoms with Gasteiger partial charge in [0.05, 0.1) is 0 Å². The van der Waals surface area contributed by atoms with E-state index < -0.39 is 0 Å². The van der Waals surface area contributed by atoms with Crippen LogP contribution in [0.3, 0.4) is 0 Å². The Labute approximate surface area is 118 Å². The topological polar surface area (TPSA) is 58.2 Å². The van der Waals surface area contributed by atoms with Crippen molar-refractivity contribution in [2.24, 2.45) is 17.8 Å². The number of rotatable bonds is 3. The van der Waals surface area contributed by atoms with E-state index in [1.54, 1.807) is 6.07 Å². The Morgan fingerprint density at radius 3 is 2.45 bits per heavy atom. The molecule has 1 aromatic rings. The summed E-state index contributed by atoms with van der Waals surface area (Å²) < 4.78 is 0. The van der Waals surface area contributed by atoms with Crippen LogP contribution in [-0.2, 0) is 9.59 Å². The molecule has 4 nitrogen and oxygen atoms in total. The molecule has 0 spiro atoms. The molecule has 0 heterocycles. The molecule has 4 heteroatoms. The van der Waals surface area contributed by atoms with Crippen LogP contribution in [0.15, 0.2) is 24.3 Å². The van der Waals surface area contributed by atoms with Gasteiger partial charge in [-0.15, -0.1) is 0 Å². The number of nitrogens with one attached hydrogen (secondary N) is 2. The number of amides is 2. The predicted octanol–water partition coefficient (Wildman–Crippen LogP) is 3.02. The fraction of sp³-hybridized carbons (Fsp3) is 0.500. The first kappa shape index (κ1) is 13.2. The van der Waals surface area contributed by atoms with Crippen molar-refractivity contribution in [3.8, 4) is 0 Å². The van der Waals surface area contributed by atoms with Crippen molar-refractivity contribution in [3.63, 3.8) is 0 Å². The summed E-state index contributed by atoms with van der Waals surface area (Å²) in [5.74, 6) is 1.55. The van der Waals surface area contributed by atoms with Gasteiger partial charge in [-0.3, -0.25) is 9.59 Å². The zero-order chi connectivity index (χ0) is 14.1. The van der Waals surface area contributed by atoms with E-state index in [9.17, 15) is 9.59 Å². The lowest BCUT2D eigenvalue weighted by atomic mass is 9.88. The molecule has 2 aliphatic rings. The predicted molar refractivity (Wildman–Crippen MR) is 78.3 cm³/mol. The van der Waals surface area contributed by atoms with Crippen molar-refractivity contribution in [2.75, 3.05) is 10.6 Å². The monoisotopic (exact) mass is 272 g/mol. The van der Waals surface area contributed by atoms with E-state index in [4.69, 9.17) is 0 Å². The molecule has 2 bridgehead atoms. The zero-order valence-electron chi connectivity index (χ0n) is 11.7. The number of anilines is 2. The van der Waals surface area contributed by atoms with Crippen LogP contribution in [0.5, 0.6) is 0 Å². The highest BCUT2D eigenvalue weighted by Crippen LogP contribution is 2.48. The molecule has 1 aromatic carbocycles. The molecule has 3 rings (SSSR count). The van der Waals surface area contributed by atoms with Gasteiger partial charge < -0.3 is 10.6 Å². The van der Waals surface area contributed by atoms with E-state index >= 15 is 0 Å². The molecule has 2 N–H and O–H groups in total. The minimum absolute atomic E-state index is 0.110. The van der Waals surface area contributed by atoms with Gasteiger partial charge in [0.15, 0.2) is 0 Å². The van der Waals surface area contributed by atoms with E-state index in [2.05, 4.69) is 10.6 Å². The summed E-state index contributed by atoms with van der Waals surface area (Å²) in [6.45, 7) is 1.47. The fourth-order valence-corrected chi connectivity index (χ4v) is 3.68. The Balaban J connectivity index is 1.65. The summed E-state index contributed by atoms with van der Waals surface area (Å²) >= 11 is 0. The van der Waals surface area contributed by atoms with Gasteiger partial charge in [0.2, 0.25) is 11.8 Å². The summed E-state index contributed by atoms with van der Waals surface area (Å²) in [6.07, 6.45) is 4.77. The first-order chi connectivity index (χ1) is 9.61. The second-order valence-electron chi connectivity index (χ2n) is 6.03. The first-order valence-corrected chi connectivity index (χ1v) is 7.30. The minimum atomic E-state index is -0.110. The third-order valence-corrected chi connectivity index (χ3v) is 4.53. The number of benzene rings is 1. The van der Waals surface area contributed by atoms with Crippen LogP contribution in [-0.4, -0.2) is 11.8 Å². The fourth-order valence-electron chi connectivity index (χ4n) is 3.68. The number of hydrogen-bond acceptors (Lipinski definition) is 2. The lowest BCUT2D eigenvalue weighted by Gasteiger charge is -2.20. The van der Waals surface area contributed by atoms with E-state index in [0.717, 1.165) is 18.0 Å². The molecule has 0 aromatic heterocycles. The molecule has 0 unspecified atom stereocenters. The standard InChI is InChI=1S/C16H20N2O2/c1-10(19)17-13-3-2-4-14(9-13)18-16(20)15-8-11-5-6-12(15)7-11/h2-4,9,11-12,15H,5-8H2,1H3,(H,17,19)(H,18,20)/t11-,12+,15+/m0/s1. The highest BCUT2D eigenvalue weighted by Gasteiger charge is 2.42. The maximum atomic E-state index is 12.3. The Hall–Kier alpha value is -1.84. The van der Waals surface area contributed by atoms with Gasteiger partial charge in [-0.1, -0.05) is 12.5 Å². The van der Waals surface area contributed by atoms with E-state index in [-0.39, 0.29) is 17.7 Å². The highest BCUT2D eigenvalue weighted by molar-refractivity contribution is 5.94. The second kappa shape index (κ2) is 5.27. The summed E-state index contributed by atoms with van der Waals surface area (Å²) in [5.41, 5.74) is 1.47. The minimum Gasteiger partial charge on any atom is -0.326 e. The molecule has 0 radical (unpaired) electrons. The van der Waals surface area contributed by atoms with E-state index in [1.807, 2.05) is 18.2 Å². The van der Waals surface area contributed by atoms with Crippen LogP contribution in [0, 0.1) is 17.8 Å². The average molecular weight is 272 g/mol. The zero-order valence-corrected chi connectivity index (χ0v) is 11.7. The molecule has 106 valence electrons. The highest BCUT2D eigenvalue weighted by atomic mass is 16.2. The summed E-state index contributed by atoms with van der Waals surface area (Å²) in [7, 11) is 0. The normalized spacial score (nSPS) is 27.4. The number of fused-ring (bicyclic) bond motifs is 2. The molecule has 2 amide bonds. The van der Waals surface area contributed by atoms with Gasteiger partial charge in [-0.25, -0.2) is 0 Å².